The van der Waals surface area contributed by atoms with Crippen molar-refractivity contribution < 1.29 is 4.79 Å². The summed E-state index contributed by atoms with van der Waals surface area (Å²) in [6.45, 7) is 2.69. The molecule has 0 spiro atoms. The molecule has 0 saturated carbocycles. The van der Waals surface area contributed by atoms with Crippen LogP contribution in [-0.4, -0.2) is 23.2 Å². The van der Waals surface area contributed by atoms with Gasteiger partial charge in [0.1, 0.15) is 5.37 Å². The Balaban J connectivity index is 1.76. The van der Waals surface area contributed by atoms with Gasteiger partial charge in [0.05, 0.1) is 10.7 Å². The molecule has 1 N–H and O–H groups in total. The molecule has 1 heterocycles. The maximum absolute atomic E-state index is 12.6. The summed E-state index contributed by atoms with van der Waals surface area (Å²) >= 11 is 11.4. The molecular formula is C17H16BrClN2OS. The van der Waals surface area contributed by atoms with Crippen molar-refractivity contribution in [2.24, 2.45) is 0 Å². The first-order valence-electron chi connectivity index (χ1n) is 7.25. The van der Waals surface area contributed by atoms with Crippen LogP contribution in [0.1, 0.15) is 16.5 Å². The number of nitrogens with zero attached hydrogens (tertiary/aromatic N) is 1. The highest BCUT2D eigenvalue weighted by Crippen LogP contribution is 2.38. The molecule has 23 heavy (non-hydrogen) atoms. The largest absolute Gasteiger partial charge is 0.323 e. The van der Waals surface area contributed by atoms with Crippen LogP contribution in [0, 0.1) is 6.92 Å². The van der Waals surface area contributed by atoms with Crippen LogP contribution in [-0.2, 0) is 0 Å². The fourth-order valence-electron chi connectivity index (χ4n) is 2.49. The van der Waals surface area contributed by atoms with Crippen LogP contribution >= 0.6 is 39.3 Å². The first-order chi connectivity index (χ1) is 11.0. The number of anilines is 1. The fourth-order valence-corrected chi connectivity index (χ4v) is 4.29. The zero-order valence-corrected chi connectivity index (χ0v) is 15.7. The maximum atomic E-state index is 12.6. The smallest absolute Gasteiger partial charge is 0.308 e. The molecule has 3 nitrogen and oxygen atoms in total. The van der Waals surface area contributed by atoms with Crippen molar-refractivity contribution in [3.8, 4) is 0 Å². The number of aryl methyl sites for hydroxylation is 1. The predicted octanol–water partition coefficient (Wildman–Crippen LogP) is 5.69. The predicted molar refractivity (Wildman–Crippen MR) is 101 cm³/mol. The lowest BCUT2D eigenvalue weighted by Gasteiger charge is -2.24. The molecular weight excluding hydrogens is 396 g/mol. The molecule has 1 unspecified atom stereocenters. The van der Waals surface area contributed by atoms with Crippen molar-refractivity contribution in [2.45, 2.75) is 12.3 Å². The van der Waals surface area contributed by atoms with Gasteiger partial charge in [-0.05, 0) is 42.3 Å². The number of carbonyl (C=O) groups is 1. The molecule has 1 saturated heterocycles. The van der Waals surface area contributed by atoms with Crippen LogP contribution in [0.2, 0.25) is 5.02 Å². The van der Waals surface area contributed by atoms with Crippen molar-refractivity contribution >= 4 is 51.0 Å². The van der Waals surface area contributed by atoms with Gasteiger partial charge in [-0.2, -0.15) is 0 Å². The second-order valence-corrected chi connectivity index (χ2v) is 7.89. The summed E-state index contributed by atoms with van der Waals surface area (Å²) in [5.41, 5.74) is 2.84. The van der Waals surface area contributed by atoms with E-state index in [9.17, 15) is 4.79 Å². The SMILES string of the molecule is Cc1ccc(NC(=O)N2CCSC2c2ccc(Br)cc2)c(Cl)c1. The third-order valence-electron chi connectivity index (χ3n) is 3.67. The van der Waals surface area contributed by atoms with E-state index in [-0.39, 0.29) is 11.4 Å². The second kappa shape index (κ2) is 7.16. The first-order valence-corrected chi connectivity index (χ1v) is 9.47. The van der Waals surface area contributed by atoms with Crippen molar-refractivity contribution in [1.29, 1.82) is 0 Å². The zero-order chi connectivity index (χ0) is 16.4. The summed E-state index contributed by atoms with van der Waals surface area (Å²) < 4.78 is 1.03. The number of nitrogens with one attached hydrogen (secondary N) is 1. The van der Waals surface area contributed by atoms with Crippen LogP contribution < -0.4 is 5.32 Å². The van der Waals surface area contributed by atoms with Gasteiger partial charge < -0.3 is 10.2 Å². The third kappa shape index (κ3) is 3.84. The van der Waals surface area contributed by atoms with Crippen LogP contribution in [0.5, 0.6) is 0 Å². The minimum atomic E-state index is -0.117. The summed E-state index contributed by atoms with van der Waals surface area (Å²) in [6, 6.07) is 13.6. The Labute approximate surface area is 153 Å². The Hall–Kier alpha value is -1.17. The molecule has 1 atom stereocenters. The Morgan fingerprint density at radius 1 is 1.30 bits per heavy atom. The third-order valence-corrected chi connectivity index (χ3v) is 5.78. The minimum absolute atomic E-state index is 0.0346. The number of benzene rings is 2. The lowest BCUT2D eigenvalue weighted by Crippen LogP contribution is -2.34. The van der Waals surface area contributed by atoms with E-state index in [0.717, 1.165) is 27.9 Å². The van der Waals surface area contributed by atoms with Gasteiger partial charge in [-0.25, -0.2) is 4.79 Å². The molecule has 1 fully saturated rings. The number of thioether (sulfide) groups is 1. The van der Waals surface area contributed by atoms with Gasteiger partial charge in [-0.1, -0.05) is 45.7 Å². The normalized spacial score (nSPS) is 17.3. The average Bonchev–Trinajstić information content (AvgIpc) is 3.00. The Bertz CT molecular complexity index is 723. The number of halogens is 2. The number of hydrogen-bond donors (Lipinski definition) is 1. The highest BCUT2D eigenvalue weighted by molar-refractivity contribution is 9.10. The van der Waals surface area contributed by atoms with E-state index in [4.69, 9.17) is 11.6 Å². The molecule has 1 aliphatic rings. The molecule has 120 valence electrons. The first kappa shape index (κ1) is 16.7. The molecule has 0 bridgehead atoms. The molecule has 3 rings (SSSR count). The lowest BCUT2D eigenvalue weighted by atomic mass is 10.2. The highest BCUT2D eigenvalue weighted by atomic mass is 79.9. The summed E-state index contributed by atoms with van der Waals surface area (Å²) in [5, 5.41) is 3.52. The Kier molecular flexibility index (Phi) is 5.19. The number of hydrogen-bond acceptors (Lipinski definition) is 2. The van der Waals surface area contributed by atoms with Gasteiger partial charge in [-0.3, -0.25) is 0 Å². The van der Waals surface area contributed by atoms with E-state index in [1.54, 1.807) is 11.8 Å². The molecule has 1 aliphatic heterocycles. The molecule has 0 aromatic heterocycles. The van der Waals surface area contributed by atoms with E-state index < -0.39 is 0 Å². The average molecular weight is 412 g/mol. The van der Waals surface area contributed by atoms with Crippen LogP contribution in [0.4, 0.5) is 10.5 Å². The monoisotopic (exact) mass is 410 g/mol. The van der Waals surface area contributed by atoms with Gasteiger partial charge >= 0.3 is 6.03 Å². The van der Waals surface area contributed by atoms with Crippen LogP contribution in [0.25, 0.3) is 0 Å². The number of rotatable bonds is 2. The molecule has 0 aliphatic carbocycles. The van der Waals surface area contributed by atoms with Crippen molar-refractivity contribution in [2.75, 3.05) is 17.6 Å². The summed E-state index contributed by atoms with van der Waals surface area (Å²) in [7, 11) is 0. The second-order valence-electron chi connectivity index (χ2n) is 5.38. The highest BCUT2D eigenvalue weighted by Gasteiger charge is 2.30. The van der Waals surface area contributed by atoms with E-state index in [2.05, 4.69) is 21.2 Å². The van der Waals surface area contributed by atoms with E-state index >= 15 is 0 Å². The van der Waals surface area contributed by atoms with Crippen molar-refractivity contribution in [3.63, 3.8) is 0 Å². The molecule has 2 aromatic rings. The van der Waals surface area contributed by atoms with E-state index in [1.165, 1.54) is 0 Å². The van der Waals surface area contributed by atoms with Gasteiger partial charge in [0.25, 0.3) is 0 Å². The standard InChI is InChI=1S/C17H16BrClN2OS/c1-11-2-7-15(14(19)10-11)20-17(22)21-8-9-23-16(21)12-3-5-13(18)6-4-12/h2-7,10,16H,8-9H2,1H3,(H,20,22). The summed E-state index contributed by atoms with van der Waals surface area (Å²) in [4.78, 5) is 14.5. The van der Waals surface area contributed by atoms with Crippen LogP contribution in [0.3, 0.4) is 0 Å². The molecule has 2 amide bonds. The zero-order valence-electron chi connectivity index (χ0n) is 12.6. The Morgan fingerprint density at radius 2 is 2.04 bits per heavy atom. The van der Waals surface area contributed by atoms with E-state index in [1.807, 2.05) is 54.3 Å². The topological polar surface area (TPSA) is 32.3 Å². The molecule has 2 aromatic carbocycles. The molecule has 6 heteroatoms. The summed E-state index contributed by atoms with van der Waals surface area (Å²) in [5.74, 6) is 0.926. The van der Waals surface area contributed by atoms with Gasteiger partial charge in [0.2, 0.25) is 0 Å². The number of urea groups is 1. The van der Waals surface area contributed by atoms with Crippen molar-refractivity contribution in [1.82, 2.24) is 4.90 Å². The van der Waals surface area contributed by atoms with E-state index in [0.29, 0.717) is 10.7 Å². The van der Waals surface area contributed by atoms with Gasteiger partial charge in [0, 0.05) is 16.8 Å². The lowest BCUT2D eigenvalue weighted by molar-refractivity contribution is 0.214. The fraction of sp³-hybridized carbons (Fsp3) is 0.235. The van der Waals surface area contributed by atoms with Gasteiger partial charge in [0.15, 0.2) is 0 Å². The van der Waals surface area contributed by atoms with Crippen molar-refractivity contribution in [3.05, 3.63) is 63.1 Å². The minimum Gasteiger partial charge on any atom is -0.308 e. The van der Waals surface area contributed by atoms with Crippen LogP contribution in [0.15, 0.2) is 46.9 Å². The summed E-state index contributed by atoms with van der Waals surface area (Å²) in [6.07, 6.45) is 0. The molecule has 0 radical (unpaired) electrons. The van der Waals surface area contributed by atoms with Gasteiger partial charge in [-0.15, -0.1) is 11.8 Å². The number of carbonyl (C=O) groups excluding carboxylic acids is 1. The quantitative estimate of drug-likeness (QED) is 0.688. The Morgan fingerprint density at radius 3 is 2.74 bits per heavy atom. The maximum Gasteiger partial charge on any atom is 0.323 e. The number of amides is 2.